The molecule has 0 radical (unpaired) electrons. The third-order valence-electron chi connectivity index (χ3n) is 10.4. The Balaban J connectivity index is 1.04. The lowest BCUT2D eigenvalue weighted by molar-refractivity contribution is -0.143. The summed E-state index contributed by atoms with van der Waals surface area (Å²) in [5.74, 6) is -0.560. The zero-order chi connectivity index (χ0) is 35.1. The monoisotopic (exact) mass is 718 g/mol. The molecule has 7 rings (SSSR count). The van der Waals surface area contributed by atoms with E-state index in [2.05, 4.69) is 25.8 Å². The summed E-state index contributed by atoms with van der Waals surface area (Å²) in [5, 5.41) is 19.1. The van der Waals surface area contributed by atoms with Crippen LogP contribution in [0.2, 0.25) is 10.0 Å². The Hall–Kier alpha value is -4.23. The van der Waals surface area contributed by atoms with Gasteiger partial charge in [-0.05, 0) is 43.7 Å². The second-order valence-corrected chi connectivity index (χ2v) is 14.2. The van der Waals surface area contributed by atoms with Gasteiger partial charge in [0.1, 0.15) is 0 Å². The largest absolute Gasteiger partial charge is 0.481 e. The molecule has 12 nitrogen and oxygen atoms in total. The summed E-state index contributed by atoms with van der Waals surface area (Å²) in [4.78, 5) is 49.9. The van der Waals surface area contributed by atoms with Crippen LogP contribution in [0.1, 0.15) is 69.7 Å². The van der Waals surface area contributed by atoms with Gasteiger partial charge in [0.15, 0.2) is 11.6 Å². The second-order valence-electron chi connectivity index (χ2n) is 13.5. The van der Waals surface area contributed by atoms with Gasteiger partial charge in [-0.15, -0.1) is 0 Å². The predicted molar refractivity (Wildman–Crippen MR) is 192 cm³/mol. The zero-order valence-electron chi connectivity index (χ0n) is 28.1. The maximum Gasteiger partial charge on any atom is 0.306 e. The summed E-state index contributed by atoms with van der Waals surface area (Å²) in [6.45, 7) is 3.88. The molecule has 0 unspecified atom stereocenters. The minimum absolute atomic E-state index is 0.221. The van der Waals surface area contributed by atoms with Crippen molar-refractivity contribution in [2.75, 3.05) is 30.3 Å². The molecule has 4 N–H and O–H groups in total. The molecule has 2 amide bonds. The maximum absolute atomic E-state index is 13.6. The fourth-order valence-electron chi connectivity index (χ4n) is 7.59. The van der Waals surface area contributed by atoms with E-state index in [0.29, 0.717) is 63.2 Å². The smallest absolute Gasteiger partial charge is 0.306 e. The van der Waals surface area contributed by atoms with Crippen LogP contribution in [0.5, 0.6) is 0 Å². The Morgan fingerprint density at radius 3 is 1.96 bits per heavy atom. The molecule has 2 aliphatic heterocycles. The zero-order valence-corrected chi connectivity index (χ0v) is 29.6. The molecule has 0 bridgehead atoms. The number of rotatable bonds is 8. The first-order valence-electron chi connectivity index (χ1n) is 17.0. The summed E-state index contributed by atoms with van der Waals surface area (Å²) in [6, 6.07) is 10.6. The van der Waals surface area contributed by atoms with Crippen molar-refractivity contribution >= 4 is 52.4 Å². The number of nitrogens with zero attached hydrogens (tertiary/aromatic N) is 5. The number of halogens is 2. The summed E-state index contributed by atoms with van der Waals surface area (Å²) in [5.41, 5.74) is 5.85. The number of hydrogen-bond acceptors (Lipinski definition) is 7. The van der Waals surface area contributed by atoms with E-state index in [4.69, 9.17) is 28.2 Å². The molecule has 0 spiro atoms. The first-order chi connectivity index (χ1) is 24.1. The third kappa shape index (κ3) is 6.64. The van der Waals surface area contributed by atoms with Gasteiger partial charge < -0.3 is 30.2 Å². The first kappa shape index (κ1) is 34.2. The molecule has 3 aliphatic rings. The van der Waals surface area contributed by atoms with Gasteiger partial charge in [-0.1, -0.05) is 47.5 Å². The van der Waals surface area contributed by atoms with E-state index < -0.39 is 5.97 Å². The van der Waals surface area contributed by atoms with Gasteiger partial charge in [-0.2, -0.15) is 0 Å². The molecule has 2 aromatic carbocycles. The summed E-state index contributed by atoms with van der Waals surface area (Å²) >= 11 is 13.8. The van der Waals surface area contributed by atoms with Crippen molar-refractivity contribution in [3.63, 3.8) is 0 Å². The number of carbonyl (C=O) groups is 3. The van der Waals surface area contributed by atoms with E-state index in [0.717, 1.165) is 80.9 Å². The molecular weight excluding hydrogens is 679 g/mol. The number of aliphatic carboxylic acids is 1. The molecular formula is C36H40Cl2N8O4. The van der Waals surface area contributed by atoms with E-state index in [1.807, 2.05) is 35.4 Å². The van der Waals surface area contributed by atoms with Gasteiger partial charge >= 0.3 is 5.97 Å². The van der Waals surface area contributed by atoms with E-state index in [-0.39, 0.29) is 17.7 Å². The van der Waals surface area contributed by atoms with Gasteiger partial charge in [-0.3, -0.25) is 19.3 Å². The minimum atomic E-state index is -0.686. The van der Waals surface area contributed by atoms with Crippen LogP contribution in [-0.2, 0) is 44.8 Å². The number of carbonyl (C=O) groups excluding carboxylic acids is 2. The van der Waals surface area contributed by atoms with E-state index in [1.54, 1.807) is 24.3 Å². The number of benzene rings is 2. The molecule has 1 fully saturated rings. The van der Waals surface area contributed by atoms with Crippen molar-refractivity contribution in [3.8, 4) is 11.1 Å². The fourth-order valence-corrected chi connectivity index (χ4v) is 8.14. The lowest BCUT2D eigenvalue weighted by atomic mass is 9.81. The fraction of sp³-hybridized carbons (Fsp3) is 0.417. The van der Waals surface area contributed by atoms with Crippen molar-refractivity contribution in [3.05, 3.63) is 80.9 Å². The molecule has 0 saturated heterocycles. The summed E-state index contributed by atoms with van der Waals surface area (Å²) < 4.78 is 3.69. The van der Waals surface area contributed by atoms with Crippen LogP contribution in [0, 0.1) is 11.8 Å². The SMILES string of the molecule is Cn1c(C(=O)Nc2cccc(-c3cccc(NC(=O)c4nc5c(n4C)CCN(C[C@H]4CC[C@H](C(=O)O)CC4)C5)c3Cl)c2Cl)nc2c1CCNC2. The van der Waals surface area contributed by atoms with Crippen LogP contribution in [0.25, 0.3) is 11.1 Å². The Labute approximate surface area is 300 Å². The molecule has 4 aromatic rings. The minimum Gasteiger partial charge on any atom is -0.481 e. The molecule has 1 aliphatic carbocycles. The Bertz CT molecular complexity index is 1980. The van der Waals surface area contributed by atoms with Crippen LogP contribution in [-0.4, -0.2) is 66.5 Å². The maximum atomic E-state index is 13.6. The van der Waals surface area contributed by atoms with Crippen LogP contribution in [0.4, 0.5) is 11.4 Å². The molecule has 14 heteroatoms. The summed E-state index contributed by atoms with van der Waals surface area (Å²) in [6.07, 6.45) is 4.88. The highest BCUT2D eigenvalue weighted by molar-refractivity contribution is 6.40. The quantitative estimate of drug-likeness (QED) is 0.186. The number of fused-ring (bicyclic) bond motifs is 2. The number of carboxylic acids is 1. The number of hydrogen-bond donors (Lipinski definition) is 4. The highest BCUT2D eigenvalue weighted by Crippen LogP contribution is 2.40. The van der Waals surface area contributed by atoms with Gasteiger partial charge in [0.25, 0.3) is 11.8 Å². The Morgan fingerprint density at radius 2 is 1.40 bits per heavy atom. The highest BCUT2D eigenvalue weighted by Gasteiger charge is 2.30. The van der Waals surface area contributed by atoms with Crippen molar-refractivity contribution in [1.29, 1.82) is 0 Å². The highest BCUT2D eigenvalue weighted by atomic mass is 35.5. The average molecular weight is 720 g/mol. The third-order valence-corrected chi connectivity index (χ3v) is 11.2. The van der Waals surface area contributed by atoms with Crippen LogP contribution in [0.15, 0.2) is 36.4 Å². The number of carboxylic acid groups (broad SMARTS) is 1. The lowest BCUT2D eigenvalue weighted by Crippen LogP contribution is -2.36. The number of aromatic nitrogens is 4. The lowest BCUT2D eigenvalue weighted by Gasteiger charge is -2.33. The average Bonchev–Trinajstić information content (AvgIpc) is 3.63. The van der Waals surface area contributed by atoms with Gasteiger partial charge in [0.05, 0.1) is 38.7 Å². The van der Waals surface area contributed by atoms with Gasteiger partial charge in [-0.25, -0.2) is 9.97 Å². The number of nitrogens with one attached hydrogen (secondary N) is 3. The van der Waals surface area contributed by atoms with E-state index >= 15 is 0 Å². The number of anilines is 2. The van der Waals surface area contributed by atoms with Crippen molar-refractivity contribution in [1.82, 2.24) is 29.3 Å². The molecule has 50 heavy (non-hydrogen) atoms. The number of amides is 2. The normalized spacial score (nSPS) is 19.0. The van der Waals surface area contributed by atoms with Crippen LogP contribution in [0.3, 0.4) is 0 Å². The molecule has 1 saturated carbocycles. The molecule has 4 heterocycles. The standard InChI is InChI=1S/C36H40Cl2N8O4/c1-44-28-13-15-39-17-26(28)40-32(44)34(47)42-24-7-3-5-22(30(24)37)23-6-4-8-25(31(23)38)43-35(48)33-41-27-19-46(16-14-29(27)45(33)2)18-20-9-11-21(12-10-20)36(49)50/h3-8,20-21,39H,9-19H2,1-2H3,(H,42,47)(H,43,48)(H,49,50)/t20-,21-. The van der Waals surface area contributed by atoms with E-state index in [9.17, 15) is 19.5 Å². The topological polar surface area (TPSA) is 146 Å². The second kappa shape index (κ2) is 14.2. The summed E-state index contributed by atoms with van der Waals surface area (Å²) in [7, 11) is 3.70. The molecule has 2 aromatic heterocycles. The van der Waals surface area contributed by atoms with Crippen LogP contribution >= 0.6 is 23.2 Å². The first-order valence-corrected chi connectivity index (χ1v) is 17.8. The van der Waals surface area contributed by atoms with Crippen molar-refractivity contribution in [2.45, 2.75) is 51.6 Å². The molecule has 262 valence electrons. The van der Waals surface area contributed by atoms with Crippen molar-refractivity contribution in [2.24, 2.45) is 25.9 Å². The Kier molecular flexibility index (Phi) is 9.71. The number of imidazole rings is 2. The predicted octanol–water partition coefficient (Wildman–Crippen LogP) is 5.53. The van der Waals surface area contributed by atoms with Crippen LogP contribution < -0.4 is 16.0 Å². The van der Waals surface area contributed by atoms with Gasteiger partial charge in [0.2, 0.25) is 0 Å². The molecule has 0 atom stereocenters. The van der Waals surface area contributed by atoms with E-state index in [1.165, 1.54) is 0 Å². The Morgan fingerprint density at radius 1 is 0.840 bits per heavy atom. The van der Waals surface area contributed by atoms with Crippen molar-refractivity contribution < 1.29 is 19.5 Å². The van der Waals surface area contributed by atoms with Gasteiger partial charge in [0, 0.05) is 82.2 Å².